The molecule has 1 aromatic heterocycles. The van der Waals surface area contributed by atoms with Crippen LogP contribution in [0.4, 0.5) is 5.82 Å². The Morgan fingerprint density at radius 3 is 2.26 bits per heavy atom. The Labute approximate surface area is 170 Å². The van der Waals surface area contributed by atoms with Crippen LogP contribution in [0.1, 0.15) is 12.8 Å². The van der Waals surface area contributed by atoms with Crippen LogP contribution in [-0.2, 0) is 0 Å². The Hall–Kier alpha value is -1.80. The lowest BCUT2D eigenvalue weighted by atomic mass is 10.1. The second kappa shape index (κ2) is 8.93. The van der Waals surface area contributed by atoms with Gasteiger partial charge in [-0.25, -0.2) is 0 Å². The maximum absolute atomic E-state index is 5.43. The highest BCUT2D eigenvalue weighted by Crippen LogP contribution is 2.35. The molecule has 1 aliphatic carbocycles. The second-order valence-corrected chi connectivity index (χ2v) is 6.60. The molecule has 7 nitrogen and oxygen atoms in total. The number of nitrogens with zero attached hydrogens (tertiary/aromatic N) is 4. The molecular weight excluding hydrogens is 391 g/mol. The summed E-state index contributed by atoms with van der Waals surface area (Å²) in [5, 5.41) is 8.86. The van der Waals surface area contributed by atoms with Gasteiger partial charge in [0.15, 0.2) is 17.3 Å². The van der Waals surface area contributed by atoms with Crippen LogP contribution >= 0.6 is 24.8 Å². The molecule has 0 atom stereocenters. The maximum atomic E-state index is 5.43. The van der Waals surface area contributed by atoms with Crippen LogP contribution < -0.4 is 14.4 Å². The minimum atomic E-state index is 0. The van der Waals surface area contributed by atoms with Crippen LogP contribution in [0, 0.1) is 0 Å². The van der Waals surface area contributed by atoms with Crippen LogP contribution in [0.15, 0.2) is 30.3 Å². The number of hydrogen-bond acceptors (Lipinski definition) is 6. The average Bonchev–Trinajstić information content (AvgIpc) is 3.39. The number of hydrogen-bond donors (Lipinski definition) is 0. The summed E-state index contributed by atoms with van der Waals surface area (Å²) in [5.74, 6) is 2.53. The topological polar surface area (TPSA) is 82.2 Å². The standard InChI is InChI=1S/C18H20N4O2.2ClH.H2O/c1-5-16-17(24-12-23-16)11-13(1)15-4-6-18(20-19-15)22-9-7-21(8-10-22)14-2-3-14;;;/h1,4-6,11,14H,2-3,7-10,12H2;2*1H;1H2. The second-order valence-electron chi connectivity index (χ2n) is 6.60. The molecule has 1 saturated heterocycles. The SMILES string of the molecule is Cl.Cl.O.c1cc2c(cc1-c1ccc(N3CCN(C4CC4)CC3)nn1)OCO2. The molecule has 148 valence electrons. The van der Waals surface area contributed by atoms with Crippen molar-refractivity contribution in [3.63, 3.8) is 0 Å². The van der Waals surface area contributed by atoms with Crippen LogP contribution in [0.5, 0.6) is 11.5 Å². The molecule has 1 aromatic carbocycles. The van der Waals surface area contributed by atoms with Gasteiger partial charge in [0, 0.05) is 37.8 Å². The first-order chi connectivity index (χ1) is 11.9. The Morgan fingerprint density at radius 2 is 1.59 bits per heavy atom. The van der Waals surface area contributed by atoms with E-state index in [0.717, 1.165) is 60.8 Å². The number of anilines is 1. The van der Waals surface area contributed by atoms with Gasteiger partial charge in [-0.05, 0) is 43.2 Å². The van der Waals surface area contributed by atoms with Crippen molar-refractivity contribution in [2.75, 3.05) is 37.9 Å². The van der Waals surface area contributed by atoms with Crippen molar-refractivity contribution in [1.82, 2.24) is 15.1 Å². The summed E-state index contributed by atoms with van der Waals surface area (Å²) in [4.78, 5) is 4.93. The highest BCUT2D eigenvalue weighted by molar-refractivity contribution is 5.85. The lowest BCUT2D eigenvalue weighted by Gasteiger charge is -2.35. The number of piperazine rings is 1. The molecule has 0 unspecified atom stereocenters. The highest BCUT2D eigenvalue weighted by atomic mass is 35.5. The number of benzene rings is 1. The van der Waals surface area contributed by atoms with E-state index >= 15 is 0 Å². The molecule has 3 aliphatic rings. The van der Waals surface area contributed by atoms with E-state index in [0.29, 0.717) is 0 Å². The summed E-state index contributed by atoms with van der Waals surface area (Å²) in [6.45, 7) is 4.63. The van der Waals surface area contributed by atoms with Gasteiger partial charge in [-0.3, -0.25) is 4.90 Å². The van der Waals surface area contributed by atoms with Crippen LogP contribution in [0.3, 0.4) is 0 Å². The largest absolute Gasteiger partial charge is 0.454 e. The van der Waals surface area contributed by atoms with E-state index in [1.165, 1.54) is 12.8 Å². The fourth-order valence-electron chi connectivity index (χ4n) is 3.46. The third-order valence-corrected chi connectivity index (χ3v) is 5.02. The Kier molecular flexibility index (Phi) is 7.11. The van der Waals surface area contributed by atoms with Gasteiger partial charge in [0.2, 0.25) is 6.79 Å². The summed E-state index contributed by atoms with van der Waals surface area (Å²) in [6.07, 6.45) is 2.76. The van der Waals surface area contributed by atoms with Crippen LogP contribution in [-0.4, -0.2) is 59.6 Å². The van der Waals surface area contributed by atoms with Gasteiger partial charge in [-0.15, -0.1) is 35.0 Å². The van der Waals surface area contributed by atoms with Gasteiger partial charge >= 0.3 is 0 Å². The van der Waals surface area contributed by atoms with E-state index < -0.39 is 0 Å². The first kappa shape index (κ1) is 21.5. The van der Waals surface area contributed by atoms with E-state index in [-0.39, 0.29) is 37.1 Å². The number of ether oxygens (including phenoxy) is 2. The van der Waals surface area contributed by atoms with E-state index in [9.17, 15) is 0 Å². The fraction of sp³-hybridized carbons (Fsp3) is 0.444. The summed E-state index contributed by atoms with van der Waals surface area (Å²) >= 11 is 0. The van der Waals surface area contributed by atoms with Crippen LogP contribution in [0.25, 0.3) is 11.3 Å². The molecule has 0 bridgehead atoms. The van der Waals surface area contributed by atoms with Crippen LogP contribution in [0.2, 0.25) is 0 Å². The lowest BCUT2D eigenvalue weighted by molar-refractivity contribution is 0.174. The molecule has 2 aromatic rings. The Bertz CT molecular complexity index is 751. The number of aromatic nitrogens is 2. The molecule has 3 heterocycles. The van der Waals surface area contributed by atoms with Gasteiger partial charge in [0.25, 0.3) is 0 Å². The highest BCUT2D eigenvalue weighted by Gasteiger charge is 2.31. The maximum Gasteiger partial charge on any atom is 0.231 e. The normalized spacial score (nSPS) is 18.1. The average molecular weight is 415 g/mol. The molecule has 9 heteroatoms. The first-order valence-corrected chi connectivity index (χ1v) is 8.59. The summed E-state index contributed by atoms with van der Waals surface area (Å²) < 4.78 is 10.8. The third-order valence-electron chi connectivity index (χ3n) is 5.02. The lowest BCUT2D eigenvalue weighted by Crippen LogP contribution is -2.47. The minimum Gasteiger partial charge on any atom is -0.454 e. The predicted octanol–water partition coefficient (Wildman–Crippen LogP) is 2.18. The summed E-state index contributed by atoms with van der Waals surface area (Å²) in [7, 11) is 0. The monoisotopic (exact) mass is 414 g/mol. The summed E-state index contributed by atoms with van der Waals surface area (Å²) in [5.41, 5.74) is 1.85. The van der Waals surface area contributed by atoms with Crippen molar-refractivity contribution in [3.05, 3.63) is 30.3 Å². The summed E-state index contributed by atoms with van der Waals surface area (Å²) in [6, 6.07) is 10.8. The van der Waals surface area contributed by atoms with Crippen molar-refractivity contribution in [3.8, 4) is 22.8 Å². The predicted molar refractivity (Wildman–Crippen MR) is 109 cm³/mol. The van der Waals surface area contributed by atoms with E-state index in [1.807, 2.05) is 24.3 Å². The third kappa shape index (κ3) is 4.38. The fourth-order valence-corrected chi connectivity index (χ4v) is 3.46. The zero-order valence-corrected chi connectivity index (χ0v) is 16.5. The Balaban J connectivity index is 0.000000871. The van der Waals surface area contributed by atoms with E-state index in [1.54, 1.807) is 0 Å². The smallest absolute Gasteiger partial charge is 0.231 e. The Morgan fingerprint density at radius 1 is 0.852 bits per heavy atom. The van der Waals surface area contributed by atoms with Crippen molar-refractivity contribution in [2.24, 2.45) is 0 Å². The quantitative estimate of drug-likeness (QED) is 0.765. The van der Waals surface area contributed by atoms with Crippen molar-refractivity contribution in [1.29, 1.82) is 0 Å². The van der Waals surface area contributed by atoms with Gasteiger partial charge in [-0.2, -0.15) is 0 Å². The molecule has 2 aliphatic heterocycles. The van der Waals surface area contributed by atoms with Gasteiger partial charge in [-0.1, -0.05) is 0 Å². The molecule has 1 saturated carbocycles. The van der Waals surface area contributed by atoms with Gasteiger partial charge in [0.1, 0.15) is 0 Å². The molecule has 2 fully saturated rings. The molecular formula is C18H24Cl2N4O3. The van der Waals surface area contributed by atoms with Crippen molar-refractivity contribution in [2.45, 2.75) is 18.9 Å². The minimum absolute atomic E-state index is 0. The molecule has 5 rings (SSSR count). The van der Waals surface area contributed by atoms with Gasteiger partial charge in [0.05, 0.1) is 5.69 Å². The molecule has 2 N–H and O–H groups in total. The molecule has 0 spiro atoms. The number of rotatable bonds is 3. The van der Waals surface area contributed by atoms with E-state index in [2.05, 4.69) is 26.1 Å². The van der Waals surface area contributed by atoms with Crippen molar-refractivity contribution >= 4 is 30.6 Å². The molecule has 27 heavy (non-hydrogen) atoms. The van der Waals surface area contributed by atoms with Gasteiger partial charge < -0.3 is 19.8 Å². The molecule has 0 amide bonds. The van der Waals surface area contributed by atoms with E-state index in [4.69, 9.17) is 9.47 Å². The first-order valence-electron chi connectivity index (χ1n) is 8.59. The zero-order chi connectivity index (χ0) is 15.9. The number of halogens is 2. The zero-order valence-electron chi connectivity index (χ0n) is 14.8. The molecule has 0 radical (unpaired) electrons. The van der Waals surface area contributed by atoms with Crippen molar-refractivity contribution < 1.29 is 14.9 Å². The number of fused-ring (bicyclic) bond motifs is 1.